The number of fused-ring (bicyclic) bond motifs is 1. The molecule has 0 aliphatic carbocycles. The zero-order valence-electron chi connectivity index (χ0n) is 15.4. The average molecular weight is 405 g/mol. The van der Waals surface area contributed by atoms with E-state index in [1.807, 2.05) is 0 Å². The van der Waals surface area contributed by atoms with Crippen molar-refractivity contribution in [3.63, 3.8) is 0 Å². The SMILES string of the molecule is O=C1COc2ccc(C(=O)N3CCN(c4cc(C(F)(F)F)ccn4)CC3)cc2C1. The lowest BCUT2D eigenvalue weighted by atomic mass is 10.0. The van der Waals surface area contributed by atoms with Gasteiger partial charge in [-0.1, -0.05) is 0 Å². The third-order valence-electron chi connectivity index (χ3n) is 5.05. The summed E-state index contributed by atoms with van der Waals surface area (Å²) < 4.78 is 44.1. The van der Waals surface area contributed by atoms with Crippen LogP contribution in [0.5, 0.6) is 5.75 Å². The van der Waals surface area contributed by atoms with Gasteiger partial charge in [-0.25, -0.2) is 4.98 Å². The molecular formula is C20H18F3N3O3. The Balaban J connectivity index is 1.43. The normalized spacial score (nSPS) is 17.0. The van der Waals surface area contributed by atoms with E-state index >= 15 is 0 Å². The first-order chi connectivity index (χ1) is 13.8. The molecule has 3 heterocycles. The van der Waals surface area contributed by atoms with E-state index < -0.39 is 11.7 Å². The van der Waals surface area contributed by atoms with Crippen LogP contribution >= 0.6 is 0 Å². The van der Waals surface area contributed by atoms with Crippen LogP contribution in [0, 0.1) is 0 Å². The molecule has 9 heteroatoms. The maximum atomic E-state index is 12.9. The minimum Gasteiger partial charge on any atom is -0.486 e. The Morgan fingerprint density at radius 2 is 1.83 bits per heavy atom. The number of carbonyl (C=O) groups is 2. The van der Waals surface area contributed by atoms with Crippen LogP contribution in [-0.4, -0.2) is 54.4 Å². The number of piperazine rings is 1. The Kier molecular flexibility index (Phi) is 4.89. The van der Waals surface area contributed by atoms with Crippen molar-refractivity contribution in [3.8, 4) is 5.75 Å². The van der Waals surface area contributed by atoms with E-state index in [0.717, 1.165) is 18.3 Å². The van der Waals surface area contributed by atoms with Gasteiger partial charge < -0.3 is 14.5 Å². The first-order valence-electron chi connectivity index (χ1n) is 9.16. The van der Waals surface area contributed by atoms with Crippen molar-refractivity contribution in [2.24, 2.45) is 0 Å². The molecule has 1 fully saturated rings. The second kappa shape index (κ2) is 7.38. The predicted molar refractivity (Wildman–Crippen MR) is 98.0 cm³/mol. The van der Waals surface area contributed by atoms with E-state index in [2.05, 4.69) is 4.98 Å². The summed E-state index contributed by atoms with van der Waals surface area (Å²) in [5, 5.41) is 0. The van der Waals surface area contributed by atoms with E-state index in [4.69, 9.17) is 4.74 Å². The van der Waals surface area contributed by atoms with Crippen molar-refractivity contribution >= 4 is 17.5 Å². The van der Waals surface area contributed by atoms with Crippen molar-refractivity contribution in [2.75, 3.05) is 37.7 Å². The Labute approximate surface area is 164 Å². The van der Waals surface area contributed by atoms with Crippen molar-refractivity contribution < 1.29 is 27.5 Å². The van der Waals surface area contributed by atoms with E-state index in [1.54, 1.807) is 28.0 Å². The molecule has 1 saturated heterocycles. The number of ketones is 1. The summed E-state index contributed by atoms with van der Waals surface area (Å²) in [4.78, 5) is 31.8. The molecule has 0 bridgehead atoms. The Hall–Kier alpha value is -3.10. The number of hydrogen-bond acceptors (Lipinski definition) is 5. The van der Waals surface area contributed by atoms with Gasteiger partial charge in [0, 0.05) is 49.9 Å². The van der Waals surface area contributed by atoms with Crippen LogP contribution in [0.25, 0.3) is 0 Å². The molecule has 6 nitrogen and oxygen atoms in total. The fourth-order valence-corrected chi connectivity index (χ4v) is 3.50. The summed E-state index contributed by atoms with van der Waals surface area (Å²) in [6, 6.07) is 7.00. The molecule has 29 heavy (non-hydrogen) atoms. The predicted octanol–water partition coefficient (Wildman–Crippen LogP) is 2.57. The molecule has 1 amide bonds. The molecule has 0 saturated carbocycles. The van der Waals surface area contributed by atoms with E-state index in [1.165, 1.54) is 0 Å². The van der Waals surface area contributed by atoms with Gasteiger partial charge in [0.25, 0.3) is 5.91 Å². The van der Waals surface area contributed by atoms with Crippen molar-refractivity contribution in [3.05, 3.63) is 53.2 Å². The van der Waals surface area contributed by atoms with Gasteiger partial charge in [-0.2, -0.15) is 13.2 Å². The topological polar surface area (TPSA) is 62.7 Å². The fraction of sp³-hybridized carbons (Fsp3) is 0.350. The number of hydrogen-bond donors (Lipinski definition) is 0. The first-order valence-corrected chi connectivity index (χ1v) is 9.16. The molecule has 4 rings (SSSR count). The molecule has 2 aromatic rings. The Morgan fingerprint density at radius 3 is 2.55 bits per heavy atom. The number of ether oxygens (including phenoxy) is 1. The van der Waals surface area contributed by atoms with Gasteiger partial charge in [0.2, 0.25) is 0 Å². The first kappa shape index (κ1) is 19.2. The molecule has 2 aliphatic rings. The third-order valence-corrected chi connectivity index (χ3v) is 5.05. The molecule has 0 spiro atoms. The molecule has 0 unspecified atom stereocenters. The van der Waals surface area contributed by atoms with E-state index in [-0.39, 0.29) is 30.5 Å². The summed E-state index contributed by atoms with van der Waals surface area (Å²) in [5.74, 6) is 0.643. The number of carbonyl (C=O) groups excluding carboxylic acids is 2. The summed E-state index contributed by atoms with van der Waals surface area (Å²) in [5.41, 5.74) is 0.415. The maximum Gasteiger partial charge on any atom is 0.416 e. The number of alkyl halides is 3. The van der Waals surface area contributed by atoms with Crippen molar-refractivity contribution in [2.45, 2.75) is 12.6 Å². The summed E-state index contributed by atoms with van der Waals surface area (Å²) >= 11 is 0. The van der Waals surface area contributed by atoms with Gasteiger partial charge in [-0.3, -0.25) is 9.59 Å². The van der Waals surface area contributed by atoms with Crippen LogP contribution in [0.1, 0.15) is 21.5 Å². The molecule has 1 aromatic carbocycles. The van der Waals surface area contributed by atoms with Crippen molar-refractivity contribution in [1.29, 1.82) is 0 Å². The van der Waals surface area contributed by atoms with Gasteiger partial charge in [0.05, 0.1) is 5.56 Å². The zero-order chi connectivity index (χ0) is 20.6. The zero-order valence-corrected chi connectivity index (χ0v) is 15.4. The van der Waals surface area contributed by atoms with Gasteiger partial charge >= 0.3 is 6.18 Å². The lowest BCUT2D eigenvalue weighted by Gasteiger charge is -2.35. The lowest BCUT2D eigenvalue weighted by Crippen LogP contribution is -2.49. The fourth-order valence-electron chi connectivity index (χ4n) is 3.50. The van der Waals surface area contributed by atoms with Crippen LogP contribution < -0.4 is 9.64 Å². The van der Waals surface area contributed by atoms with Crippen LogP contribution in [0.4, 0.5) is 19.0 Å². The number of nitrogens with zero attached hydrogens (tertiary/aromatic N) is 3. The highest BCUT2D eigenvalue weighted by Gasteiger charge is 2.32. The molecule has 0 radical (unpaired) electrons. The molecule has 152 valence electrons. The monoisotopic (exact) mass is 405 g/mol. The summed E-state index contributed by atoms with van der Waals surface area (Å²) in [6.45, 7) is 1.54. The molecule has 1 aromatic heterocycles. The van der Waals surface area contributed by atoms with Crippen LogP contribution in [0.2, 0.25) is 0 Å². The van der Waals surface area contributed by atoms with Crippen LogP contribution in [0.15, 0.2) is 36.5 Å². The third kappa shape index (κ3) is 4.03. The highest BCUT2D eigenvalue weighted by molar-refractivity contribution is 5.95. The van der Waals surface area contributed by atoms with Gasteiger partial charge in [-0.15, -0.1) is 0 Å². The van der Waals surface area contributed by atoms with Gasteiger partial charge in [0.1, 0.15) is 18.2 Å². The summed E-state index contributed by atoms with van der Waals surface area (Å²) in [7, 11) is 0. The summed E-state index contributed by atoms with van der Waals surface area (Å²) in [6.07, 6.45) is -3.04. The highest BCUT2D eigenvalue weighted by Crippen LogP contribution is 2.31. The second-order valence-electron chi connectivity index (χ2n) is 7.01. The maximum absolute atomic E-state index is 12.9. The second-order valence-corrected chi connectivity index (χ2v) is 7.01. The van der Waals surface area contributed by atoms with E-state index in [9.17, 15) is 22.8 Å². The molecule has 2 aliphatic heterocycles. The quantitative estimate of drug-likeness (QED) is 0.769. The standard InChI is InChI=1S/C20H18F3N3O3/c21-20(22,23)15-3-4-24-18(11-15)25-5-7-26(8-6-25)19(28)13-1-2-17-14(9-13)10-16(27)12-29-17/h1-4,9,11H,5-8,10,12H2. The number of halogens is 3. The largest absolute Gasteiger partial charge is 0.486 e. The smallest absolute Gasteiger partial charge is 0.416 e. The minimum absolute atomic E-state index is 0.0377. The lowest BCUT2D eigenvalue weighted by molar-refractivity contribution is -0.137. The van der Waals surface area contributed by atoms with Crippen LogP contribution in [0.3, 0.4) is 0 Å². The number of anilines is 1. The number of amides is 1. The molecule has 0 atom stereocenters. The van der Waals surface area contributed by atoms with Gasteiger partial charge in [-0.05, 0) is 30.3 Å². The van der Waals surface area contributed by atoms with Crippen molar-refractivity contribution in [1.82, 2.24) is 9.88 Å². The number of rotatable bonds is 2. The Morgan fingerprint density at radius 1 is 1.07 bits per heavy atom. The molecule has 0 N–H and O–H groups in total. The average Bonchev–Trinajstić information content (AvgIpc) is 2.72. The number of benzene rings is 1. The number of Topliss-reactive ketones (excluding diaryl/α,β-unsaturated/α-hetero) is 1. The molecular weight excluding hydrogens is 387 g/mol. The number of pyridine rings is 1. The number of aromatic nitrogens is 1. The van der Waals surface area contributed by atoms with Gasteiger partial charge in [0.15, 0.2) is 5.78 Å². The van der Waals surface area contributed by atoms with Crippen LogP contribution in [-0.2, 0) is 17.4 Å². The Bertz CT molecular complexity index is 953. The van der Waals surface area contributed by atoms with E-state index in [0.29, 0.717) is 43.1 Å². The highest BCUT2D eigenvalue weighted by atomic mass is 19.4. The minimum atomic E-state index is -4.42.